The van der Waals surface area contributed by atoms with Crippen LogP contribution in [0.15, 0.2) is 4.52 Å². The van der Waals surface area contributed by atoms with Crippen LogP contribution >= 0.6 is 0 Å². The molecule has 27 heteroatoms. The van der Waals surface area contributed by atoms with Crippen molar-refractivity contribution in [2.75, 3.05) is 26.4 Å². The van der Waals surface area contributed by atoms with Gasteiger partial charge in [0.1, 0.15) is 49.8 Å². The van der Waals surface area contributed by atoms with Gasteiger partial charge in [0.05, 0.1) is 17.7 Å². The first-order chi connectivity index (χ1) is 20.6. The highest BCUT2D eigenvalue weighted by Crippen LogP contribution is 2.47. The summed E-state index contributed by atoms with van der Waals surface area (Å²) in [5, 5.41) is 4.82. The van der Waals surface area contributed by atoms with Crippen molar-refractivity contribution in [3.63, 3.8) is 0 Å². The molecule has 0 aromatic rings. The standard InChI is InChI=1S/C9H13N3O10S2.C9H15NO9S2/c1-8(2)19-7-6-5(20-24(15,16)21-6)3-17-9(7,22-8)4-18-23(13,14)12-11-10;1-8(2)16-7-6-5(17-20(11)18-6)3-14-9(7,19-8)4-15-21(10,12)13/h5-7H,3-4H2,1-2H3;5-7H,3-4H2,1-2H3,(H2,10,12,13)/t5-,6-,7+,9+;5-,6-,7+,9+,20+/m11/s1. The molecular formula is C18H28N4O19S4. The van der Waals surface area contributed by atoms with Crippen LogP contribution in [0.25, 0.3) is 10.4 Å². The van der Waals surface area contributed by atoms with Gasteiger partial charge in [0.25, 0.3) is 0 Å². The van der Waals surface area contributed by atoms with Crippen LogP contribution in [0, 0.1) is 0 Å². The minimum Gasteiger partial charge on any atom is -0.343 e. The van der Waals surface area contributed by atoms with E-state index >= 15 is 0 Å². The van der Waals surface area contributed by atoms with E-state index in [4.69, 9.17) is 55.8 Å². The minimum absolute atomic E-state index is 0.0136. The summed E-state index contributed by atoms with van der Waals surface area (Å²) >= 11 is -1.92. The highest BCUT2D eigenvalue weighted by Gasteiger charge is 2.67. The number of azide groups is 1. The van der Waals surface area contributed by atoms with Crippen LogP contribution in [-0.4, -0.2) is 116 Å². The first kappa shape index (κ1) is 35.1. The van der Waals surface area contributed by atoms with E-state index in [2.05, 4.69) is 17.8 Å². The Hall–Kier alpha value is -1.21. The molecule has 2 N–H and O–H groups in total. The Morgan fingerprint density at radius 3 is 1.98 bits per heavy atom. The molecule has 6 aliphatic heterocycles. The zero-order chi connectivity index (χ0) is 33.3. The second-order valence-electron chi connectivity index (χ2n) is 10.9. The quantitative estimate of drug-likeness (QED) is 0.167. The maximum absolute atomic E-state index is 11.5. The Morgan fingerprint density at radius 1 is 0.889 bits per heavy atom. The van der Waals surface area contributed by atoms with Crippen LogP contribution in [0.1, 0.15) is 27.7 Å². The van der Waals surface area contributed by atoms with E-state index in [1.165, 1.54) is 13.8 Å². The second-order valence-corrected chi connectivity index (χ2v) is 15.4. The van der Waals surface area contributed by atoms with Crippen LogP contribution < -0.4 is 5.14 Å². The fourth-order valence-corrected chi connectivity index (χ4v) is 7.89. The molecule has 6 heterocycles. The maximum atomic E-state index is 11.5. The van der Waals surface area contributed by atoms with Gasteiger partial charge in [0.15, 0.2) is 11.6 Å². The lowest BCUT2D eigenvalue weighted by molar-refractivity contribution is -0.290. The highest BCUT2D eigenvalue weighted by molar-refractivity contribution is 7.85. The average molecular weight is 733 g/mol. The first-order valence-corrected chi connectivity index (χ1v) is 17.8. The number of hydrogen-bond acceptors (Lipinski definition) is 19. The van der Waals surface area contributed by atoms with E-state index in [1.807, 2.05) is 0 Å². The monoisotopic (exact) mass is 732 g/mol. The van der Waals surface area contributed by atoms with Crippen molar-refractivity contribution < 1.29 is 83.0 Å². The topological polar surface area (TPSA) is 305 Å². The van der Waals surface area contributed by atoms with Gasteiger partial charge in [-0.05, 0) is 33.2 Å². The average Bonchev–Trinajstić information content (AvgIpc) is 3.58. The summed E-state index contributed by atoms with van der Waals surface area (Å²) in [6.45, 7) is 4.72. The molecule has 0 spiro atoms. The van der Waals surface area contributed by atoms with E-state index in [1.54, 1.807) is 13.8 Å². The van der Waals surface area contributed by atoms with Crippen LogP contribution in [0.2, 0.25) is 0 Å². The molecule has 23 nitrogen and oxygen atoms in total. The first-order valence-electron chi connectivity index (χ1n) is 12.6. The van der Waals surface area contributed by atoms with Gasteiger partial charge in [-0.2, -0.15) is 29.5 Å². The van der Waals surface area contributed by atoms with Gasteiger partial charge in [-0.1, -0.05) is 0 Å². The molecule has 0 radical (unpaired) electrons. The third-order valence-corrected chi connectivity index (χ3v) is 9.53. The van der Waals surface area contributed by atoms with E-state index in [0.29, 0.717) is 0 Å². The molecule has 0 aliphatic carbocycles. The molecular weight excluding hydrogens is 704 g/mol. The summed E-state index contributed by atoms with van der Waals surface area (Å²) in [5.74, 6) is -5.64. The van der Waals surface area contributed by atoms with Crippen molar-refractivity contribution in [3.05, 3.63) is 10.4 Å². The lowest BCUT2D eigenvalue weighted by Gasteiger charge is -2.39. The summed E-state index contributed by atoms with van der Waals surface area (Å²) in [7, 11) is -13.0. The Bertz CT molecular complexity index is 1580. The van der Waals surface area contributed by atoms with Crippen molar-refractivity contribution in [1.29, 1.82) is 0 Å². The van der Waals surface area contributed by atoms with Gasteiger partial charge >= 0.3 is 42.4 Å². The molecule has 6 rings (SSSR count). The Morgan fingerprint density at radius 2 is 1.42 bits per heavy atom. The number of fused-ring (bicyclic) bond motifs is 6. The van der Waals surface area contributed by atoms with Gasteiger partial charge < -0.3 is 28.4 Å². The third kappa shape index (κ3) is 7.60. The van der Waals surface area contributed by atoms with Crippen LogP contribution in [0.5, 0.6) is 0 Å². The normalized spacial score (nSPS) is 42.3. The SMILES string of the molecule is CC1(C)O[C@H]2[C@@H]3OS(=O)(=O)O[C@@H]3CO[C@@]2(COS(=O)(=O)N=[N+]=[N-])O1.CC1(C)O[C@H]2[C@@H]3O[S@@](=O)O[C@@H]3CO[C@@]2(COS(N)(=O)=O)O1. The summed E-state index contributed by atoms with van der Waals surface area (Å²) in [6, 6.07) is 0. The van der Waals surface area contributed by atoms with Crippen LogP contribution in [0.4, 0.5) is 0 Å². The summed E-state index contributed by atoms with van der Waals surface area (Å²) in [5.41, 5.74) is 8.20. The molecule has 0 aromatic heterocycles. The van der Waals surface area contributed by atoms with Crippen molar-refractivity contribution in [2.45, 2.75) is 87.5 Å². The predicted octanol–water partition coefficient (Wildman–Crippen LogP) is -2.09. The van der Waals surface area contributed by atoms with Gasteiger partial charge in [-0.3, -0.25) is 16.7 Å². The van der Waals surface area contributed by atoms with Crippen molar-refractivity contribution in [3.8, 4) is 0 Å². The Balaban J connectivity index is 0.000000179. The fourth-order valence-electron chi connectivity index (χ4n) is 5.28. The number of nitrogens with zero attached hydrogens (tertiary/aromatic N) is 3. The molecule has 0 aromatic carbocycles. The van der Waals surface area contributed by atoms with E-state index in [-0.39, 0.29) is 13.2 Å². The molecule has 6 saturated heterocycles. The molecule has 0 amide bonds. The molecule has 258 valence electrons. The zero-order valence-electron chi connectivity index (χ0n) is 23.6. The molecule has 45 heavy (non-hydrogen) atoms. The molecule has 0 bridgehead atoms. The minimum atomic E-state index is -4.55. The summed E-state index contributed by atoms with van der Waals surface area (Å²) in [4.78, 5) is 2.13. The van der Waals surface area contributed by atoms with Crippen LogP contribution in [-0.2, 0) is 95.9 Å². The molecule has 6 aliphatic rings. The Kier molecular flexibility index (Phi) is 9.16. The van der Waals surface area contributed by atoms with E-state index in [0.717, 1.165) is 0 Å². The van der Waals surface area contributed by atoms with Gasteiger partial charge in [0.2, 0.25) is 11.6 Å². The lowest BCUT2D eigenvalue weighted by Crippen LogP contribution is -2.60. The smallest absolute Gasteiger partial charge is 0.343 e. The number of ether oxygens (including phenoxy) is 6. The number of nitrogens with two attached hydrogens (primary N) is 1. The zero-order valence-corrected chi connectivity index (χ0v) is 26.9. The fraction of sp³-hybridized carbons (Fsp3) is 1.00. The highest BCUT2D eigenvalue weighted by atomic mass is 32.3. The van der Waals surface area contributed by atoms with Gasteiger partial charge in [-0.15, -0.1) is 0 Å². The van der Waals surface area contributed by atoms with E-state index < -0.39 is 115 Å². The molecule has 6 fully saturated rings. The van der Waals surface area contributed by atoms with Gasteiger partial charge in [0, 0.05) is 4.91 Å². The summed E-state index contributed by atoms with van der Waals surface area (Å²) in [6.07, 6.45) is -5.46. The molecule has 9 atom stereocenters. The maximum Gasteiger partial charge on any atom is 0.400 e. The van der Waals surface area contributed by atoms with Crippen molar-refractivity contribution >= 4 is 42.4 Å². The van der Waals surface area contributed by atoms with Crippen molar-refractivity contribution in [2.24, 2.45) is 9.66 Å². The van der Waals surface area contributed by atoms with Crippen molar-refractivity contribution in [1.82, 2.24) is 0 Å². The number of hydrogen-bond donors (Lipinski definition) is 1. The van der Waals surface area contributed by atoms with E-state index in [9.17, 15) is 29.5 Å². The lowest BCUT2D eigenvalue weighted by atomic mass is 9.98. The van der Waals surface area contributed by atoms with Crippen LogP contribution in [0.3, 0.4) is 0 Å². The Labute approximate surface area is 259 Å². The molecule has 0 saturated carbocycles. The number of rotatable bonds is 7. The van der Waals surface area contributed by atoms with Gasteiger partial charge in [-0.25, -0.2) is 13.5 Å². The summed E-state index contributed by atoms with van der Waals surface area (Å²) < 4.78 is 144. The molecule has 0 unspecified atom stereocenters. The third-order valence-electron chi connectivity index (χ3n) is 6.67. The largest absolute Gasteiger partial charge is 0.400 e. The predicted molar refractivity (Wildman–Crippen MR) is 137 cm³/mol. The second kappa shape index (κ2) is 11.7.